The Labute approximate surface area is 131 Å². The standard InChI is InChI=1S/C12H18N4O6S/c1-2-22-12(19)16-5-3-8(4-6-16)15-23(20,21)9-7-13-11(18)14-10(9)17/h7-8,15H,2-6H2,1H3,(H2,13,14,17,18). The molecule has 0 spiro atoms. The maximum atomic E-state index is 12.2. The molecule has 0 bridgehead atoms. The third-order valence-corrected chi connectivity index (χ3v) is 4.94. The molecule has 1 amide bonds. The number of amides is 1. The molecule has 128 valence electrons. The summed E-state index contributed by atoms with van der Waals surface area (Å²) in [7, 11) is -4.05. The van der Waals surface area contributed by atoms with Gasteiger partial charge in [0.15, 0.2) is 4.90 Å². The molecule has 1 saturated heterocycles. The number of carbonyl (C=O) groups excluding carboxylic acids is 1. The minimum atomic E-state index is -4.05. The summed E-state index contributed by atoms with van der Waals surface area (Å²) in [5.41, 5.74) is -1.76. The highest BCUT2D eigenvalue weighted by Gasteiger charge is 2.28. The van der Waals surface area contributed by atoms with Crippen LogP contribution in [0.15, 0.2) is 20.7 Å². The van der Waals surface area contributed by atoms with Gasteiger partial charge < -0.3 is 14.6 Å². The number of hydrogen-bond acceptors (Lipinski definition) is 6. The number of nitrogens with one attached hydrogen (secondary N) is 3. The van der Waals surface area contributed by atoms with Crippen LogP contribution in [0.25, 0.3) is 0 Å². The fourth-order valence-corrected chi connectivity index (χ4v) is 3.59. The van der Waals surface area contributed by atoms with Crippen LogP contribution in [0.4, 0.5) is 4.79 Å². The summed E-state index contributed by atoms with van der Waals surface area (Å²) < 4.78 is 31.7. The van der Waals surface area contributed by atoms with E-state index < -0.39 is 38.3 Å². The van der Waals surface area contributed by atoms with Crippen molar-refractivity contribution in [3.05, 3.63) is 27.0 Å². The molecular weight excluding hydrogens is 328 g/mol. The third-order valence-electron chi connectivity index (χ3n) is 3.42. The molecule has 0 unspecified atom stereocenters. The van der Waals surface area contributed by atoms with Gasteiger partial charge in [0.25, 0.3) is 5.56 Å². The summed E-state index contributed by atoms with van der Waals surface area (Å²) in [5, 5.41) is 0. The lowest BCUT2D eigenvalue weighted by atomic mass is 10.1. The predicted molar refractivity (Wildman–Crippen MR) is 79.6 cm³/mol. The van der Waals surface area contributed by atoms with Crippen molar-refractivity contribution < 1.29 is 17.9 Å². The van der Waals surface area contributed by atoms with Crippen LogP contribution in [0.2, 0.25) is 0 Å². The Bertz CT molecular complexity index is 775. The van der Waals surface area contributed by atoms with Crippen LogP contribution >= 0.6 is 0 Å². The monoisotopic (exact) mass is 346 g/mol. The number of aromatic nitrogens is 2. The molecule has 0 radical (unpaired) electrons. The first-order valence-corrected chi connectivity index (χ1v) is 8.58. The highest BCUT2D eigenvalue weighted by molar-refractivity contribution is 7.89. The number of ether oxygens (including phenoxy) is 1. The lowest BCUT2D eigenvalue weighted by Gasteiger charge is -2.31. The fourth-order valence-electron chi connectivity index (χ4n) is 2.27. The molecule has 1 aliphatic heterocycles. The summed E-state index contributed by atoms with van der Waals surface area (Å²) in [5.74, 6) is 0. The number of rotatable bonds is 4. The molecule has 1 aromatic heterocycles. The first kappa shape index (κ1) is 17.2. The molecule has 0 aliphatic carbocycles. The Kier molecular flexibility index (Phi) is 5.21. The second kappa shape index (κ2) is 6.96. The smallest absolute Gasteiger partial charge is 0.409 e. The van der Waals surface area contributed by atoms with Crippen molar-refractivity contribution in [1.29, 1.82) is 0 Å². The average molecular weight is 346 g/mol. The molecule has 2 rings (SSSR count). The van der Waals surface area contributed by atoms with Gasteiger partial charge in [-0.1, -0.05) is 0 Å². The fraction of sp³-hybridized carbons (Fsp3) is 0.583. The largest absolute Gasteiger partial charge is 0.450 e. The van der Waals surface area contributed by atoms with Crippen molar-refractivity contribution in [1.82, 2.24) is 19.6 Å². The molecular formula is C12H18N4O6S. The van der Waals surface area contributed by atoms with Gasteiger partial charge in [-0.2, -0.15) is 0 Å². The minimum Gasteiger partial charge on any atom is -0.450 e. The third kappa shape index (κ3) is 4.20. The molecule has 2 heterocycles. The van der Waals surface area contributed by atoms with Gasteiger partial charge in [-0.25, -0.2) is 22.7 Å². The Balaban J connectivity index is 2.01. The van der Waals surface area contributed by atoms with Gasteiger partial charge in [0.2, 0.25) is 10.0 Å². The van der Waals surface area contributed by atoms with E-state index >= 15 is 0 Å². The number of aromatic amines is 2. The Morgan fingerprint density at radius 2 is 2.04 bits per heavy atom. The number of hydrogen-bond donors (Lipinski definition) is 3. The molecule has 0 atom stereocenters. The van der Waals surface area contributed by atoms with E-state index in [1.54, 1.807) is 6.92 Å². The first-order valence-electron chi connectivity index (χ1n) is 7.09. The minimum absolute atomic E-state index is 0.278. The van der Waals surface area contributed by atoms with Gasteiger partial charge >= 0.3 is 11.8 Å². The number of nitrogens with zero attached hydrogens (tertiary/aromatic N) is 1. The SMILES string of the molecule is CCOC(=O)N1CCC(NS(=O)(=O)c2c[nH]c(=O)[nH]c2=O)CC1. The zero-order valence-electron chi connectivity index (χ0n) is 12.5. The molecule has 1 aliphatic rings. The summed E-state index contributed by atoms with van der Waals surface area (Å²) in [6, 6.07) is -0.406. The zero-order valence-corrected chi connectivity index (χ0v) is 13.3. The predicted octanol–water partition coefficient (Wildman–Crippen LogP) is -1.04. The first-order chi connectivity index (χ1) is 10.8. The van der Waals surface area contributed by atoms with Crippen LogP contribution in [0, 0.1) is 0 Å². The highest BCUT2D eigenvalue weighted by Crippen LogP contribution is 2.13. The van der Waals surface area contributed by atoms with Crippen LogP contribution in [0.5, 0.6) is 0 Å². The van der Waals surface area contributed by atoms with E-state index in [4.69, 9.17) is 4.74 Å². The van der Waals surface area contributed by atoms with Gasteiger partial charge in [-0.15, -0.1) is 0 Å². The van der Waals surface area contributed by atoms with Crippen LogP contribution in [0.3, 0.4) is 0 Å². The maximum absolute atomic E-state index is 12.2. The summed E-state index contributed by atoms with van der Waals surface area (Å²) in [4.78, 5) is 39.0. The molecule has 10 nitrogen and oxygen atoms in total. The number of likely N-dealkylation sites (tertiary alicyclic amines) is 1. The normalized spacial score (nSPS) is 16.3. The Morgan fingerprint density at radius 3 is 2.61 bits per heavy atom. The Hall–Kier alpha value is -2.14. The summed E-state index contributed by atoms with van der Waals surface area (Å²) in [6.07, 6.45) is 1.24. The van der Waals surface area contributed by atoms with E-state index in [-0.39, 0.29) is 6.61 Å². The topological polar surface area (TPSA) is 141 Å². The molecule has 3 N–H and O–H groups in total. The second-order valence-electron chi connectivity index (χ2n) is 5.02. The molecule has 0 saturated carbocycles. The van der Waals surface area contributed by atoms with Gasteiger partial charge in [-0.05, 0) is 19.8 Å². The molecule has 23 heavy (non-hydrogen) atoms. The van der Waals surface area contributed by atoms with Crippen molar-refractivity contribution in [2.75, 3.05) is 19.7 Å². The van der Waals surface area contributed by atoms with Crippen molar-refractivity contribution in [3.8, 4) is 0 Å². The molecule has 0 aromatic carbocycles. The molecule has 11 heteroatoms. The van der Waals surface area contributed by atoms with Crippen molar-refractivity contribution >= 4 is 16.1 Å². The maximum Gasteiger partial charge on any atom is 0.409 e. The van der Waals surface area contributed by atoms with Crippen LogP contribution in [-0.2, 0) is 14.8 Å². The lowest BCUT2D eigenvalue weighted by Crippen LogP contribution is -2.47. The lowest BCUT2D eigenvalue weighted by molar-refractivity contribution is 0.0966. The van der Waals surface area contributed by atoms with E-state index in [0.29, 0.717) is 25.9 Å². The summed E-state index contributed by atoms with van der Waals surface area (Å²) in [6.45, 7) is 2.70. The van der Waals surface area contributed by atoms with Crippen LogP contribution in [0.1, 0.15) is 19.8 Å². The number of sulfonamides is 1. The quantitative estimate of drug-likeness (QED) is 0.636. The number of piperidine rings is 1. The van der Waals surface area contributed by atoms with Crippen molar-refractivity contribution in [2.45, 2.75) is 30.7 Å². The van der Waals surface area contributed by atoms with E-state index in [0.717, 1.165) is 6.20 Å². The number of H-pyrrole nitrogens is 2. The van der Waals surface area contributed by atoms with E-state index in [1.807, 2.05) is 4.98 Å². The van der Waals surface area contributed by atoms with Crippen LogP contribution in [-0.4, -0.2) is 55.1 Å². The van der Waals surface area contributed by atoms with E-state index in [1.165, 1.54) is 4.90 Å². The van der Waals surface area contributed by atoms with Gasteiger partial charge in [0, 0.05) is 25.3 Å². The summed E-state index contributed by atoms with van der Waals surface area (Å²) >= 11 is 0. The Morgan fingerprint density at radius 1 is 1.39 bits per heavy atom. The van der Waals surface area contributed by atoms with E-state index in [9.17, 15) is 22.8 Å². The van der Waals surface area contributed by atoms with Crippen molar-refractivity contribution in [3.63, 3.8) is 0 Å². The number of carbonyl (C=O) groups is 1. The average Bonchev–Trinajstić information content (AvgIpc) is 2.47. The van der Waals surface area contributed by atoms with Gasteiger partial charge in [-0.3, -0.25) is 9.78 Å². The van der Waals surface area contributed by atoms with E-state index in [2.05, 4.69) is 9.71 Å². The second-order valence-corrected chi connectivity index (χ2v) is 6.70. The van der Waals surface area contributed by atoms with Crippen molar-refractivity contribution in [2.24, 2.45) is 0 Å². The molecule has 1 fully saturated rings. The highest BCUT2D eigenvalue weighted by atomic mass is 32.2. The molecule has 1 aromatic rings. The van der Waals surface area contributed by atoms with Gasteiger partial charge in [0.05, 0.1) is 6.61 Å². The van der Waals surface area contributed by atoms with Crippen LogP contribution < -0.4 is 16.0 Å². The van der Waals surface area contributed by atoms with Gasteiger partial charge in [0.1, 0.15) is 0 Å². The zero-order chi connectivity index (χ0) is 17.0.